The molecule has 4 nitrogen and oxygen atoms in total. The number of hydrogen-bond donors (Lipinski definition) is 2. The monoisotopic (exact) mass is 289 g/mol. The van der Waals surface area contributed by atoms with E-state index < -0.39 is 0 Å². The first-order chi connectivity index (χ1) is 9.81. The van der Waals surface area contributed by atoms with E-state index in [1.807, 2.05) is 0 Å². The predicted molar refractivity (Wildman–Crippen MR) is 81.4 cm³/mol. The summed E-state index contributed by atoms with van der Waals surface area (Å²) in [6, 6.07) is 0.635. The topological polar surface area (TPSA) is 57.8 Å². The molecule has 1 saturated carbocycles. The van der Waals surface area contributed by atoms with Gasteiger partial charge in [0.25, 0.3) is 5.56 Å². The van der Waals surface area contributed by atoms with Crippen LogP contribution in [0.4, 0.5) is 0 Å². The van der Waals surface area contributed by atoms with Crippen molar-refractivity contribution >= 4 is 21.6 Å². The number of aromatic amines is 1. The zero-order valence-electron chi connectivity index (χ0n) is 11.5. The molecule has 2 aromatic rings. The molecule has 2 heterocycles. The van der Waals surface area contributed by atoms with Crippen LogP contribution in [0.5, 0.6) is 0 Å². The summed E-state index contributed by atoms with van der Waals surface area (Å²) in [4.78, 5) is 22.4. The average molecular weight is 289 g/mol. The number of H-pyrrole nitrogens is 1. The number of aromatic nitrogens is 2. The van der Waals surface area contributed by atoms with E-state index >= 15 is 0 Å². The molecule has 0 amide bonds. The molecule has 0 unspecified atom stereocenters. The fourth-order valence-electron chi connectivity index (χ4n) is 3.00. The third-order valence-corrected chi connectivity index (χ3v) is 5.45. The maximum absolute atomic E-state index is 12.4. The summed E-state index contributed by atoms with van der Waals surface area (Å²) in [5.74, 6) is 0.783. The van der Waals surface area contributed by atoms with Crippen molar-refractivity contribution in [3.05, 3.63) is 26.6 Å². The molecule has 2 aliphatic rings. The number of fused-ring (bicyclic) bond motifs is 3. The summed E-state index contributed by atoms with van der Waals surface area (Å²) in [5, 5.41) is 4.27. The minimum Gasteiger partial charge on any atom is -0.309 e. The molecule has 0 bridgehead atoms. The second kappa shape index (κ2) is 4.97. The van der Waals surface area contributed by atoms with E-state index in [1.54, 1.807) is 11.3 Å². The zero-order valence-corrected chi connectivity index (χ0v) is 12.3. The molecule has 1 fully saturated rings. The highest BCUT2D eigenvalue weighted by atomic mass is 32.1. The van der Waals surface area contributed by atoms with E-state index in [0.717, 1.165) is 28.9 Å². The standard InChI is InChI=1S/C15H19N3OS/c19-14-13-10-4-2-1-3-5-11(10)20-15(13)18-12(17-14)8-16-9-6-7-9/h9,16H,1-8H2,(H,17,18,19). The Hall–Kier alpha value is -1.20. The molecule has 4 rings (SSSR count). The molecule has 2 aliphatic carbocycles. The first-order valence-corrected chi connectivity index (χ1v) is 8.40. The van der Waals surface area contributed by atoms with Crippen molar-refractivity contribution in [2.45, 2.75) is 57.5 Å². The Kier molecular flexibility index (Phi) is 3.11. The van der Waals surface area contributed by atoms with Crippen LogP contribution >= 0.6 is 11.3 Å². The third kappa shape index (κ3) is 2.29. The summed E-state index contributed by atoms with van der Waals surface area (Å²) < 4.78 is 0. The molecule has 0 spiro atoms. The highest BCUT2D eigenvalue weighted by molar-refractivity contribution is 7.18. The lowest BCUT2D eigenvalue weighted by Crippen LogP contribution is -2.20. The Labute approximate surface area is 121 Å². The second-order valence-electron chi connectivity index (χ2n) is 5.91. The van der Waals surface area contributed by atoms with E-state index in [9.17, 15) is 4.79 Å². The van der Waals surface area contributed by atoms with Gasteiger partial charge in [-0.15, -0.1) is 11.3 Å². The quantitative estimate of drug-likeness (QED) is 0.854. The first-order valence-electron chi connectivity index (χ1n) is 7.58. The van der Waals surface area contributed by atoms with Crippen molar-refractivity contribution in [1.29, 1.82) is 0 Å². The zero-order chi connectivity index (χ0) is 13.5. The number of nitrogens with one attached hydrogen (secondary N) is 2. The Morgan fingerprint density at radius 3 is 2.95 bits per heavy atom. The maximum Gasteiger partial charge on any atom is 0.259 e. The number of rotatable bonds is 3. The Bertz CT molecular complexity index is 699. The van der Waals surface area contributed by atoms with E-state index in [1.165, 1.54) is 42.5 Å². The van der Waals surface area contributed by atoms with Crippen LogP contribution in [0.2, 0.25) is 0 Å². The Morgan fingerprint density at radius 1 is 1.25 bits per heavy atom. The van der Waals surface area contributed by atoms with Gasteiger partial charge in [-0.05, 0) is 44.1 Å². The van der Waals surface area contributed by atoms with Gasteiger partial charge in [0.2, 0.25) is 0 Å². The Morgan fingerprint density at radius 2 is 2.10 bits per heavy atom. The summed E-state index contributed by atoms with van der Waals surface area (Å²) in [6.45, 7) is 0.679. The molecule has 5 heteroatoms. The van der Waals surface area contributed by atoms with Crippen LogP contribution in [0, 0.1) is 0 Å². The van der Waals surface area contributed by atoms with Gasteiger partial charge in [0.1, 0.15) is 10.7 Å². The number of aryl methyl sites for hydroxylation is 2. The smallest absolute Gasteiger partial charge is 0.259 e. The summed E-state index contributed by atoms with van der Waals surface area (Å²) >= 11 is 1.73. The van der Waals surface area contributed by atoms with Gasteiger partial charge in [0, 0.05) is 10.9 Å². The molecular weight excluding hydrogens is 270 g/mol. The van der Waals surface area contributed by atoms with Crippen LogP contribution in [-0.2, 0) is 19.4 Å². The highest BCUT2D eigenvalue weighted by Crippen LogP contribution is 2.32. The number of hydrogen-bond acceptors (Lipinski definition) is 4. The third-order valence-electron chi connectivity index (χ3n) is 4.26. The van der Waals surface area contributed by atoms with Crippen LogP contribution in [0.1, 0.15) is 48.4 Å². The van der Waals surface area contributed by atoms with Gasteiger partial charge in [0.15, 0.2) is 0 Å². The lowest BCUT2D eigenvalue weighted by Gasteiger charge is -2.03. The second-order valence-corrected chi connectivity index (χ2v) is 7.00. The average Bonchev–Trinajstić information content (AvgIpc) is 3.22. The number of nitrogens with zero attached hydrogens (tertiary/aromatic N) is 1. The molecule has 2 aromatic heterocycles. The molecule has 0 aromatic carbocycles. The minimum absolute atomic E-state index is 0.0574. The molecular formula is C15H19N3OS. The van der Waals surface area contributed by atoms with Crippen molar-refractivity contribution in [2.24, 2.45) is 0 Å². The van der Waals surface area contributed by atoms with E-state index in [4.69, 9.17) is 0 Å². The summed E-state index contributed by atoms with van der Waals surface area (Å²) in [6.07, 6.45) is 8.37. The van der Waals surface area contributed by atoms with E-state index in [0.29, 0.717) is 12.6 Å². The normalized spacial score (nSPS) is 19.0. The highest BCUT2D eigenvalue weighted by Gasteiger charge is 2.22. The van der Waals surface area contributed by atoms with Gasteiger partial charge < -0.3 is 10.3 Å². The van der Waals surface area contributed by atoms with Crippen LogP contribution in [0.25, 0.3) is 10.2 Å². The fraction of sp³-hybridized carbons (Fsp3) is 0.600. The molecule has 106 valence electrons. The van der Waals surface area contributed by atoms with Crippen molar-refractivity contribution in [1.82, 2.24) is 15.3 Å². The minimum atomic E-state index is 0.0574. The van der Waals surface area contributed by atoms with E-state index in [2.05, 4.69) is 15.3 Å². The van der Waals surface area contributed by atoms with Gasteiger partial charge in [0.05, 0.1) is 11.9 Å². The first kappa shape index (κ1) is 12.5. The van der Waals surface area contributed by atoms with E-state index in [-0.39, 0.29) is 5.56 Å². The molecule has 20 heavy (non-hydrogen) atoms. The Balaban J connectivity index is 1.74. The predicted octanol–water partition coefficient (Wildman–Crippen LogP) is 2.51. The maximum atomic E-state index is 12.4. The molecule has 0 radical (unpaired) electrons. The van der Waals surface area contributed by atoms with Crippen LogP contribution in [-0.4, -0.2) is 16.0 Å². The lowest BCUT2D eigenvalue weighted by molar-refractivity contribution is 0.658. The summed E-state index contributed by atoms with van der Waals surface area (Å²) in [7, 11) is 0. The number of thiophene rings is 1. The van der Waals surface area contributed by atoms with Gasteiger partial charge in [-0.1, -0.05) is 6.42 Å². The van der Waals surface area contributed by atoms with Crippen molar-refractivity contribution in [3.8, 4) is 0 Å². The largest absolute Gasteiger partial charge is 0.309 e. The molecule has 0 atom stereocenters. The molecule has 0 saturated heterocycles. The van der Waals surface area contributed by atoms with Crippen LogP contribution in [0.3, 0.4) is 0 Å². The molecule has 0 aliphatic heterocycles. The molecule has 2 N–H and O–H groups in total. The van der Waals surface area contributed by atoms with Gasteiger partial charge in [-0.3, -0.25) is 4.79 Å². The SMILES string of the molecule is O=c1[nH]c(CNC2CC2)nc2sc3c(c12)CCCCC3. The van der Waals surface area contributed by atoms with Gasteiger partial charge in [-0.25, -0.2) is 4.98 Å². The van der Waals surface area contributed by atoms with Gasteiger partial charge in [-0.2, -0.15) is 0 Å². The fourth-order valence-corrected chi connectivity index (χ4v) is 4.28. The van der Waals surface area contributed by atoms with Crippen LogP contribution in [0.15, 0.2) is 4.79 Å². The van der Waals surface area contributed by atoms with Gasteiger partial charge >= 0.3 is 0 Å². The lowest BCUT2D eigenvalue weighted by atomic mass is 10.1. The van der Waals surface area contributed by atoms with Crippen molar-refractivity contribution in [3.63, 3.8) is 0 Å². The van der Waals surface area contributed by atoms with Crippen molar-refractivity contribution < 1.29 is 0 Å². The summed E-state index contributed by atoms with van der Waals surface area (Å²) in [5.41, 5.74) is 1.33. The van der Waals surface area contributed by atoms with Crippen molar-refractivity contribution in [2.75, 3.05) is 0 Å². The van der Waals surface area contributed by atoms with Crippen LogP contribution < -0.4 is 10.9 Å².